The molecule has 2 atom stereocenters. The Morgan fingerprint density at radius 3 is 2.62 bits per heavy atom. The van der Waals surface area contributed by atoms with E-state index in [4.69, 9.17) is 0 Å². The van der Waals surface area contributed by atoms with Crippen LogP contribution in [0, 0.1) is 12.8 Å². The second kappa shape index (κ2) is 6.10. The SMILES string of the molecule is Cc1cc(NC(=O)[C@H]2CCC(=O)N(C)[C@@H]2c2ccnn2C)n(C)n1. The standard InChI is InChI=1S/C16H22N6O2/c1-10-9-13(22(4)19-10)18-16(24)11-5-6-14(23)20(2)15(11)12-7-8-17-21(12)3/h7-9,11,15H,5-6H2,1-4H3,(H,18,24)/t11-,15-/m0/s1. The van der Waals surface area contributed by atoms with E-state index in [9.17, 15) is 9.59 Å². The first-order valence-electron chi connectivity index (χ1n) is 7.93. The number of rotatable bonds is 3. The lowest BCUT2D eigenvalue weighted by Gasteiger charge is -2.38. The van der Waals surface area contributed by atoms with Crippen LogP contribution < -0.4 is 5.32 Å². The molecule has 2 aromatic heterocycles. The Morgan fingerprint density at radius 1 is 1.29 bits per heavy atom. The molecular weight excluding hydrogens is 308 g/mol. The molecule has 1 saturated heterocycles. The van der Waals surface area contributed by atoms with Crippen molar-refractivity contribution < 1.29 is 9.59 Å². The maximum Gasteiger partial charge on any atom is 0.231 e. The number of carbonyl (C=O) groups is 2. The fourth-order valence-corrected chi connectivity index (χ4v) is 3.34. The molecule has 1 fully saturated rings. The Kier molecular flexibility index (Phi) is 4.13. The van der Waals surface area contributed by atoms with Gasteiger partial charge in [-0.05, 0) is 19.4 Å². The second-order valence-electron chi connectivity index (χ2n) is 6.26. The average molecular weight is 330 g/mol. The molecule has 2 amide bonds. The van der Waals surface area contributed by atoms with Gasteiger partial charge in [0.05, 0.1) is 23.3 Å². The minimum atomic E-state index is -0.335. The molecule has 128 valence electrons. The predicted molar refractivity (Wildman–Crippen MR) is 88.0 cm³/mol. The fourth-order valence-electron chi connectivity index (χ4n) is 3.34. The van der Waals surface area contributed by atoms with E-state index in [0.29, 0.717) is 18.7 Å². The molecule has 0 spiro atoms. The van der Waals surface area contributed by atoms with Crippen molar-refractivity contribution >= 4 is 17.6 Å². The van der Waals surface area contributed by atoms with E-state index in [1.54, 1.807) is 34.6 Å². The lowest BCUT2D eigenvalue weighted by molar-refractivity contribution is -0.140. The van der Waals surface area contributed by atoms with Crippen molar-refractivity contribution in [1.82, 2.24) is 24.5 Å². The summed E-state index contributed by atoms with van der Waals surface area (Å²) in [5.74, 6) is 0.254. The maximum atomic E-state index is 12.9. The molecule has 0 radical (unpaired) electrons. The first-order chi connectivity index (χ1) is 11.4. The molecule has 1 N–H and O–H groups in total. The van der Waals surface area contributed by atoms with Gasteiger partial charge in [-0.25, -0.2) is 0 Å². The highest BCUT2D eigenvalue weighted by Gasteiger charge is 2.40. The predicted octanol–water partition coefficient (Wildman–Crippen LogP) is 1.01. The van der Waals surface area contributed by atoms with E-state index < -0.39 is 0 Å². The monoisotopic (exact) mass is 330 g/mol. The van der Waals surface area contributed by atoms with Gasteiger partial charge in [-0.1, -0.05) is 0 Å². The lowest BCUT2D eigenvalue weighted by atomic mass is 9.86. The van der Waals surface area contributed by atoms with Crippen molar-refractivity contribution in [2.45, 2.75) is 25.8 Å². The van der Waals surface area contributed by atoms with Crippen LogP contribution >= 0.6 is 0 Å². The van der Waals surface area contributed by atoms with Gasteiger partial charge >= 0.3 is 0 Å². The molecule has 0 aromatic carbocycles. The van der Waals surface area contributed by atoms with E-state index in [-0.39, 0.29) is 23.8 Å². The van der Waals surface area contributed by atoms with Gasteiger partial charge in [-0.3, -0.25) is 19.0 Å². The number of nitrogens with one attached hydrogen (secondary N) is 1. The maximum absolute atomic E-state index is 12.9. The van der Waals surface area contributed by atoms with E-state index in [1.165, 1.54) is 0 Å². The minimum Gasteiger partial charge on any atom is -0.336 e. The highest BCUT2D eigenvalue weighted by molar-refractivity contribution is 5.94. The van der Waals surface area contributed by atoms with Gasteiger partial charge in [-0.2, -0.15) is 10.2 Å². The summed E-state index contributed by atoms with van der Waals surface area (Å²) in [6.07, 6.45) is 2.57. The van der Waals surface area contributed by atoms with Crippen molar-refractivity contribution in [3.05, 3.63) is 29.7 Å². The third kappa shape index (κ3) is 2.79. The molecule has 1 aliphatic heterocycles. The van der Waals surface area contributed by atoms with Crippen molar-refractivity contribution in [2.24, 2.45) is 20.0 Å². The Labute approximate surface area is 140 Å². The van der Waals surface area contributed by atoms with Gasteiger partial charge in [0.25, 0.3) is 0 Å². The van der Waals surface area contributed by atoms with Crippen LogP contribution in [-0.4, -0.2) is 43.3 Å². The summed E-state index contributed by atoms with van der Waals surface area (Å²) >= 11 is 0. The van der Waals surface area contributed by atoms with Crippen LogP contribution in [0.5, 0.6) is 0 Å². The highest BCUT2D eigenvalue weighted by Crippen LogP contribution is 2.36. The summed E-state index contributed by atoms with van der Waals surface area (Å²) in [6.45, 7) is 1.88. The van der Waals surface area contributed by atoms with Crippen molar-refractivity contribution in [3.63, 3.8) is 0 Å². The zero-order chi connectivity index (χ0) is 17.4. The van der Waals surface area contributed by atoms with E-state index in [2.05, 4.69) is 15.5 Å². The number of carbonyl (C=O) groups excluding carboxylic acids is 2. The molecule has 2 aromatic rings. The number of aryl methyl sites for hydroxylation is 3. The Bertz CT molecular complexity index is 777. The molecule has 1 aliphatic rings. The van der Waals surface area contributed by atoms with Gasteiger partial charge < -0.3 is 10.2 Å². The number of nitrogens with zero attached hydrogens (tertiary/aromatic N) is 5. The third-order valence-electron chi connectivity index (χ3n) is 4.61. The van der Waals surface area contributed by atoms with E-state index >= 15 is 0 Å². The Hall–Kier alpha value is -2.64. The molecule has 3 rings (SSSR count). The lowest BCUT2D eigenvalue weighted by Crippen LogP contribution is -2.45. The quantitative estimate of drug-likeness (QED) is 0.910. The van der Waals surface area contributed by atoms with Crippen LogP contribution in [0.25, 0.3) is 0 Å². The third-order valence-corrected chi connectivity index (χ3v) is 4.61. The zero-order valence-electron chi connectivity index (χ0n) is 14.4. The van der Waals surface area contributed by atoms with Gasteiger partial charge in [0.1, 0.15) is 5.82 Å². The van der Waals surface area contributed by atoms with Crippen LogP contribution in [0.1, 0.15) is 30.3 Å². The molecule has 24 heavy (non-hydrogen) atoms. The normalized spacial score (nSPS) is 21.2. The number of hydrogen-bond donors (Lipinski definition) is 1. The first kappa shape index (κ1) is 16.2. The number of piperidine rings is 1. The Morgan fingerprint density at radius 2 is 2.04 bits per heavy atom. The molecule has 8 nitrogen and oxygen atoms in total. The molecule has 0 saturated carbocycles. The molecule has 0 unspecified atom stereocenters. The van der Waals surface area contributed by atoms with Crippen LogP contribution in [-0.2, 0) is 23.7 Å². The Balaban J connectivity index is 1.89. The molecule has 8 heteroatoms. The zero-order valence-corrected chi connectivity index (χ0v) is 14.4. The van der Waals surface area contributed by atoms with Crippen molar-refractivity contribution in [1.29, 1.82) is 0 Å². The summed E-state index contributed by atoms with van der Waals surface area (Å²) in [5, 5.41) is 11.4. The van der Waals surface area contributed by atoms with Gasteiger partial charge in [0.15, 0.2) is 0 Å². The largest absolute Gasteiger partial charge is 0.336 e. The number of aromatic nitrogens is 4. The first-order valence-corrected chi connectivity index (χ1v) is 7.93. The van der Waals surface area contributed by atoms with Gasteiger partial charge in [0, 0.05) is 39.8 Å². The number of amides is 2. The smallest absolute Gasteiger partial charge is 0.231 e. The number of likely N-dealkylation sites (tertiary alicyclic amines) is 1. The van der Waals surface area contributed by atoms with Crippen molar-refractivity contribution in [3.8, 4) is 0 Å². The van der Waals surface area contributed by atoms with Crippen LogP contribution in [0.3, 0.4) is 0 Å². The summed E-state index contributed by atoms with van der Waals surface area (Å²) in [4.78, 5) is 26.7. The van der Waals surface area contributed by atoms with Crippen LogP contribution in [0.2, 0.25) is 0 Å². The average Bonchev–Trinajstić information content (AvgIpc) is 3.07. The van der Waals surface area contributed by atoms with Crippen LogP contribution in [0.4, 0.5) is 5.82 Å². The summed E-state index contributed by atoms with van der Waals surface area (Å²) in [6, 6.07) is 3.36. The van der Waals surface area contributed by atoms with E-state index in [0.717, 1.165) is 11.4 Å². The minimum absolute atomic E-state index is 0.0432. The molecule has 3 heterocycles. The summed E-state index contributed by atoms with van der Waals surface area (Å²) < 4.78 is 3.36. The summed E-state index contributed by atoms with van der Waals surface area (Å²) in [7, 11) is 5.35. The topological polar surface area (TPSA) is 85.0 Å². The number of anilines is 1. The molecule has 0 bridgehead atoms. The van der Waals surface area contributed by atoms with Crippen LogP contribution in [0.15, 0.2) is 18.3 Å². The van der Waals surface area contributed by atoms with Gasteiger partial charge in [0.2, 0.25) is 11.8 Å². The summed E-state index contributed by atoms with van der Waals surface area (Å²) in [5.41, 5.74) is 1.69. The highest BCUT2D eigenvalue weighted by atomic mass is 16.2. The van der Waals surface area contributed by atoms with Crippen molar-refractivity contribution in [2.75, 3.05) is 12.4 Å². The van der Waals surface area contributed by atoms with Gasteiger partial charge in [-0.15, -0.1) is 0 Å². The number of hydrogen-bond acceptors (Lipinski definition) is 4. The molecule has 0 aliphatic carbocycles. The molecular formula is C16H22N6O2. The van der Waals surface area contributed by atoms with E-state index in [1.807, 2.05) is 26.1 Å². The fraction of sp³-hybridized carbons (Fsp3) is 0.500. The second-order valence-corrected chi connectivity index (χ2v) is 6.26.